The van der Waals surface area contributed by atoms with E-state index in [1.54, 1.807) is 0 Å². The van der Waals surface area contributed by atoms with E-state index in [9.17, 15) is 4.79 Å². The minimum Gasteiger partial charge on any atom is -0.323 e. The maximum absolute atomic E-state index is 10.6. The van der Waals surface area contributed by atoms with Crippen LogP contribution in [0.4, 0.5) is 0 Å². The molecular formula is C13H13NO. The fourth-order valence-corrected chi connectivity index (χ4v) is 1.73. The van der Waals surface area contributed by atoms with Crippen molar-refractivity contribution in [3.8, 4) is 5.69 Å². The first-order valence-corrected chi connectivity index (χ1v) is 4.91. The predicted molar refractivity (Wildman–Crippen MR) is 60.6 cm³/mol. The molecule has 1 aromatic heterocycles. The number of carbonyl (C=O) groups excluding carboxylic acids is 1. The second kappa shape index (κ2) is 3.73. The summed E-state index contributed by atoms with van der Waals surface area (Å²) in [7, 11) is 0. The van der Waals surface area contributed by atoms with Crippen LogP contribution in [-0.2, 0) is 0 Å². The third-order valence-electron chi connectivity index (χ3n) is 2.48. The predicted octanol–water partition coefficient (Wildman–Crippen LogP) is 2.91. The van der Waals surface area contributed by atoms with E-state index < -0.39 is 0 Å². The second-order valence-electron chi connectivity index (χ2n) is 3.76. The summed E-state index contributed by atoms with van der Waals surface area (Å²) in [5, 5.41) is 0. The van der Waals surface area contributed by atoms with Crippen molar-refractivity contribution in [2.45, 2.75) is 13.8 Å². The van der Waals surface area contributed by atoms with E-state index in [1.165, 1.54) is 11.1 Å². The Morgan fingerprint density at radius 3 is 2.60 bits per heavy atom. The fourth-order valence-electron chi connectivity index (χ4n) is 1.73. The smallest absolute Gasteiger partial charge is 0.151 e. The van der Waals surface area contributed by atoms with Crippen LogP contribution in [0.5, 0.6) is 0 Å². The number of aromatic nitrogens is 1. The molecule has 0 amide bonds. The van der Waals surface area contributed by atoms with Gasteiger partial charge in [-0.2, -0.15) is 0 Å². The molecular weight excluding hydrogens is 186 g/mol. The summed E-state index contributed by atoms with van der Waals surface area (Å²) < 4.78 is 1.97. The molecule has 0 saturated heterocycles. The zero-order valence-corrected chi connectivity index (χ0v) is 8.90. The van der Waals surface area contributed by atoms with Crippen LogP contribution >= 0.6 is 0 Å². The van der Waals surface area contributed by atoms with Crippen molar-refractivity contribution in [3.05, 3.63) is 53.3 Å². The maximum atomic E-state index is 10.6. The first-order valence-electron chi connectivity index (χ1n) is 4.91. The highest BCUT2D eigenvalue weighted by Gasteiger charge is 2.01. The molecule has 15 heavy (non-hydrogen) atoms. The molecule has 0 aliphatic carbocycles. The zero-order valence-electron chi connectivity index (χ0n) is 8.90. The number of aryl methyl sites for hydroxylation is 2. The zero-order chi connectivity index (χ0) is 10.8. The number of benzene rings is 1. The van der Waals surface area contributed by atoms with E-state index in [0.717, 1.165) is 12.0 Å². The molecule has 0 aliphatic rings. The van der Waals surface area contributed by atoms with Gasteiger partial charge in [0, 0.05) is 23.6 Å². The summed E-state index contributed by atoms with van der Waals surface area (Å²) in [5.41, 5.74) is 4.28. The Morgan fingerprint density at radius 2 is 2.00 bits per heavy atom. The third kappa shape index (κ3) is 1.84. The first kappa shape index (κ1) is 9.71. The van der Waals surface area contributed by atoms with Crippen LogP contribution < -0.4 is 0 Å². The van der Waals surface area contributed by atoms with E-state index >= 15 is 0 Å². The van der Waals surface area contributed by atoms with Crippen molar-refractivity contribution in [1.29, 1.82) is 0 Å². The van der Waals surface area contributed by atoms with Gasteiger partial charge in [-0.15, -0.1) is 0 Å². The van der Waals surface area contributed by atoms with Crippen molar-refractivity contribution >= 4 is 6.29 Å². The Balaban J connectivity index is 2.49. The number of nitrogens with zero attached hydrogens (tertiary/aromatic N) is 1. The molecule has 0 spiro atoms. The summed E-state index contributed by atoms with van der Waals surface area (Å²) in [6.07, 6.45) is 4.60. The average Bonchev–Trinajstić information content (AvgIpc) is 2.66. The van der Waals surface area contributed by atoms with Gasteiger partial charge in [-0.3, -0.25) is 4.79 Å². The highest BCUT2D eigenvalue weighted by Crippen LogP contribution is 2.16. The Morgan fingerprint density at radius 1 is 1.20 bits per heavy atom. The molecule has 1 aromatic carbocycles. The number of rotatable bonds is 2. The Bertz CT molecular complexity index is 497. The van der Waals surface area contributed by atoms with Crippen LogP contribution in [0.2, 0.25) is 0 Å². The Kier molecular flexibility index (Phi) is 2.42. The van der Waals surface area contributed by atoms with Crippen molar-refractivity contribution in [3.63, 3.8) is 0 Å². The molecule has 0 radical (unpaired) electrons. The van der Waals surface area contributed by atoms with Crippen LogP contribution in [0.15, 0.2) is 36.7 Å². The topological polar surface area (TPSA) is 22.0 Å². The van der Waals surface area contributed by atoms with E-state index in [0.29, 0.717) is 5.56 Å². The molecule has 0 atom stereocenters. The third-order valence-corrected chi connectivity index (χ3v) is 2.48. The standard InChI is InChI=1S/C13H13NO/c1-10-3-4-13(11(2)7-10)14-6-5-12(8-14)9-15/h3-9H,1-2H3. The van der Waals surface area contributed by atoms with Gasteiger partial charge in [-0.05, 0) is 31.5 Å². The molecule has 76 valence electrons. The van der Waals surface area contributed by atoms with Crippen molar-refractivity contribution in [1.82, 2.24) is 4.57 Å². The van der Waals surface area contributed by atoms with Gasteiger partial charge in [0.05, 0.1) is 0 Å². The Labute approximate surface area is 89.2 Å². The lowest BCUT2D eigenvalue weighted by Crippen LogP contribution is -1.93. The number of carbonyl (C=O) groups is 1. The number of hydrogen-bond acceptors (Lipinski definition) is 1. The monoisotopic (exact) mass is 199 g/mol. The number of aldehydes is 1. The van der Waals surface area contributed by atoms with Crippen LogP contribution in [0.1, 0.15) is 21.5 Å². The second-order valence-corrected chi connectivity index (χ2v) is 3.76. The highest BCUT2D eigenvalue weighted by atomic mass is 16.1. The van der Waals surface area contributed by atoms with Gasteiger partial charge in [0.25, 0.3) is 0 Å². The number of hydrogen-bond donors (Lipinski definition) is 0. The van der Waals surface area contributed by atoms with Crippen LogP contribution in [0.25, 0.3) is 5.69 Å². The summed E-state index contributed by atoms with van der Waals surface area (Å²) in [4.78, 5) is 10.6. The molecule has 0 aliphatic heterocycles. The first-order chi connectivity index (χ1) is 7.20. The summed E-state index contributed by atoms with van der Waals surface area (Å²) in [6.45, 7) is 4.15. The van der Waals surface area contributed by atoms with E-state index in [-0.39, 0.29) is 0 Å². The van der Waals surface area contributed by atoms with E-state index in [1.807, 2.05) is 23.0 Å². The summed E-state index contributed by atoms with van der Waals surface area (Å²) in [6, 6.07) is 8.09. The lowest BCUT2D eigenvalue weighted by Gasteiger charge is -2.07. The lowest BCUT2D eigenvalue weighted by molar-refractivity contribution is 0.112. The van der Waals surface area contributed by atoms with Gasteiger partial charge in [0.2, 0.25) is 0 Å². The highest BCUT2D eigenvalue weighted by molar-refractivity contribution is 5.74. The average molecular weight is 199 g/mol. The van der Waals surface area contributed by atoms with Crippen LogP contribution in [0, 0.1) is 13.8 Å². The van der Waals surface area contributed by atoms with Crippen molar-refractivity contribution < 1.29 is 4.79 Å². The van der Waals surface area contributed by atoms with Gasteiger partial charge in [-0.25, -0.2) is 0 Å². The SMILES string of the molecule is Cc1ccc(-n2ccc(C=O)c2)c(C)c1. The van der Waals surface area contributed by atoms with E-state index in [2.05, 4.69) is 32.0 Å². The normalized spacial score (nSPS) is 10.3. The maximum Gasteiger partial charge on any atom is 0.151 e. The quantitative estimate of drug-likeness (QED) is 0.681. The lowest BCUT2D eigenvalue weighted by atomic mass is 10.1. The molecule has 0 N–H and O–H groups in total. The minimum absolute atomic E-state index is 0.704. The van der Waals surface area contributed by atoms with E-state index in [4.69, 9.17) is 0 Å². The van der Waals surface area contributed by atoms with Gasteiger partial charge >= 0.3 is 0 Å². The summed E-state index contributed by atoms with van der Waals surface area (Å²) in [5.74, 6) is 0. The van der Waals surface area contributed by atoms with Crippen LogP contribution in [0.3, 0.4) is 0 Å². The van der Waals surface area contributed by atoms with Gasteiger partial charge in [0.15, 0.2) is 6.29 Å². The molecule has 0 saturated carbocycles. The molecule has 2 nitrogen and oxygen atoms in total. The van der Waals surface area contributed by atoms with Gasteiger partial charge in [-0.1, -0.05) is 17.7 Å². The van der Waals surface area contributed by atoms with Crippen molar-refractivity contribution in [2.75, 3.05) is 0 Å². The molecule has 2 aromatic rings. The minimum atomic E-state index is 0.704. The molecule has 1 heterocycles. The molecule has 0 bridgehead atoms. The van der Waals surface area contributed by atoms with Gasteiger partial charge in [0.1, 0.15) is 0 Å². The van der Waals surface area contributed by atoms with Gasteiger partial charge < -0.3 is 4.57 Å². The molecule has 2 rings (SSSR count). The Hall–Kier alpha value is -1.83. The molecule has 0 unspecified atom stereocenters. The fraction of sp³-hybridized carbons (Fsp3) is 0.154. The summed E-state index contributed by atoms with van der Waals surface area (Å²) >= 11 is 0. The van der Waals surface area contributed by atoms with Crippen molar-refractivity contribution in [2.24, 2.45) is 0 Å². The molecule has 0 fully saturated rings. The largest absolute Gasteiger partial charge is 0.323 e. The molecule has 2 heteroatoms. The van der Waals surface area contributed by atoms with Crippen LogP contribution in [-0.4, -0.2) is 10.9 Å².